The highest BCUT2D eigenvalue weighted by Crippen LogP contribution is 2.15. The van der Waals surface area contributed by atoms with Crippen molar-refractivity contribution in [2.24, 2.45) is 0 Å². The van der Waals surface area contributed by atoms with E-state index < -0.39 is 0 Å². The fraction of sp³-hybridized carbons (Fsp3) is 0.176. The fourth-order valence-electron chi connectivity index (χ4n) is 2.22. The Morgan fingerprint density at radius 1 is 1.21 bits per heavy atom. The highest BCUT2D eigenvalue weighted by molar-refractivity contribution is 6.30. The number of furan rings is 1. The maximum atomic E-state index is 12.1. The summed E-state index contributed by atoms with van der Waals surface area (Å²) in [5.74, 6) is 0.297. The molecule has 0 spiro atoms. The maximum absolute atomic E-state index is 12.1. The number of nitrogens with zero attached hydrogens (tertiary/aromatic N) is 1. The van der Waals surface area contributed by atoms with Crippen LogP contribution in [0.25, 0.3) is 11.0 Å². The largest absolute Gasteiger partial charge is 0.484 e. The molecule has 0 aliphatic carbocycles. The third kappa shape index (κ3) is 3.78. The minimum Gasteiger partial charge on any atom is -0.484 e. The average molecular weight is 347 g/mol. The summed E-state index contributed by atoms with van der Waals surface area (Å²) in [6, 6.07) is 10.3. The molecular formula is C17H15ClN2O4. The Kier molecular flexibility index (Phi) is 4.86. The Bertz CT molecular complexity index is 899. The number of carbonyl (C=O) groups is 1. The number of pyridine rings is 1. The molecule has 0 unspecified atom stereocenters. The van der Waals surface area contributed by atoms with E-state index in [0.29, 0.717) is 29.4 Å². The summed E-state index contributed by atoms with van der Waals surface area (Å²) in [6.45, 7) is 0.560. The molecule has 3 rings (SSSR count). The van der Waals surface area contributed by atoms with Crippen LogP contribution in [-0.2, 0) is 11.3 Å². The first-order chi connectivity index (χ1) is 11.6. The molecule has 6 nitrogen and oxygen atoms in total. The van der Waals surface area contributed by atoms with Gasteiger partial charge in [-0.1, -0.05) is 11.6 Å². The molecule has 1 aromatic carbocycles. The molecule has 2 aromatic heterocycles. The molecule has 0 saturated heterocycles. The molecule has 1 N–H and O–H groups in total. The molecule has 2 heterocycles. The Morgan fingerprint density at radius 3 is 2.79 bits per heavy atom. The van der Waals surface area contributed by atoms with Crippen LogP contribution in [0, 0.1) is 0 Å². The van der Waals surface area contributed by atoms with Crippen molar-refractivity contribution in [1.29, 1.82) is 0 Å². The van der Waals surface area contributed by atoms with Crippen LogP contribution >= 0.6 is 11.6 Å². The van der Waals surface area contributed by atoms with E-state index in [2.05, 4.69) is 5.32 Å². The summed E-state index contributed by atoms with van der Waals surface area (Å²) in [5, 5.41) is 4.06. The van der Waals surface area contributed by atoms with Crippen molar-refractivity contribution >= 4 is 28.5 Å². The van der Waals surface area contributed by atoms with E-state index in [1.165, 1.54) is 10.8 Å². The Balaban J connectivity index is 1.48. The van der Waals surface area contributed by atoms with Crippen molar-refractivity contribution in [3.63, 3.8) is 0 Å². The predicted octanol–water partition coefficient (Wildman–Crippen LogP) is 2.44. The second-order valence-corrected chi connectivity index (χ2v) is 5.55. The SMILES string of the molecule is O=C(COc1ccc(Cl)cc1)NCCn1ccc2ccoc2c1=O. The molecule has 3 aromatic rings. The quantitative estimate of drug-likeness (QED) is 0.744. The standard InChI is InChI=1S/C17H15ClN2O4/c18-13-1-3-14(4-2-13)24-11-15(21)19-7-9-20-8-5-12-6-10-23-16(12)17(20)22/h1-6,8,10H,7,9,11H2,(H,19,21). The smallest absolute Gasteiger partial charge is 0.294 e. The second kappa shape index (κ2) is 7.23. The first-order valence-corrected chi connectivity index (χ1v) is 7.73. The highest BCUT2D eigenvalue weighted by Gasteiger charge is 2.06. The number of nitrogens with one attached hydrogen (secondary N) is 1. The van der Waals surface area contributed by atoms with Crippen molar-refractivity contribution in [1.82, 2.24) is 9.88 Å². The van der Waals surface area contributed by atoms with Gasteiger partial charge < -0.3 is 19.0 Å². The summed E-state index contributed by atoms with van der Waals surface area (Å²) in [6.07, 6.45) is 3.16. The van der Waals surface area contributed by atoms with Crippen LogP contribution < -0.4 is 15.6 Å². The lowest BCUT2D eigenvalue weighted by Crippen LogP contribution is -2.33. The molecule has 7 heteroatoms. The van der Waals surface area contributed by atoms with Crippen molar-refractivity contribution < 1.29 is 13.9 Å². The van der Waals surface area contributed by atoms with E-state index in [4.69, 9.17) is 20.8 Å². The van der Waals surface area contributed by atoms with Crippen LogP contribution in [0.1, 0.15) is 0 Å². The number of rotatable bonds is 6. The minimum atomic E-state index is -0.267. The molecule has 0 bridgehead atoms. The topological polar surface area (TPSA) is 73.5 Å². The second-order valence-electron chi connectivity index (χ2n) is 5.11. The van der Waals surface area contributed by atoms with Crippen molar-refractivity contribution in [3.8, 4) is 5.75 Å². The van der Waals surface area contributed by atoms with Crippen molar-refractivity contribution in [2.45, 2.75) is 6.54 Å². The minimum absolute atomic E-state index is 0.103. The van der Waals surface area contributed by atoms with Gasteiger partial charge in [0.25, 0.3) is 11.5 Å². The Morgan fingerprint density at radius 2 is 2.00 bits per heavy atom. The summed E-state index contributed by atoms with van der Waals surface area (Å²) in [5.41, 5.74) is 0.0964. The number of halogens is 1. The zero-order valence-electron chi connectivity index (χ0n) is 12.7. The van der Waals surface area contributed by atoms with Gasteiger partial charge in [-0.15, -0.1) is 0 Å². The first kappa shape index (κ1) is 16.1. The number of ether oxygens (including phenoxy) is 1. The molecule has 0 aliphatic heterocycles. The van der Waals surface area contributed by atoms with Gasteiger partial charge in [-0.25, -0.2) is 0 Å². The van der Waals surface area contributed by atoms with Gasteiger partial charge in [-0.2, -0.15) is 0 Å². The van der Waals surface area contributed by atoms with Gasteiger partial charge in [0.15, 0.2) is 12.2 Å². The van der Waals surface area contributed by atoms with E-state index in [1.54, 1.807) is 42.6 Å². The number of hydrogen-bond donors (Lipinski definition) is 1. The van der Waals surface area contributed by atoms with Crippen molar-refractivity contribution in [2.75, 3.05) is 13.2 Å². The number of amides is 1. The van der Waals surface area contributed by atoms with Crippen LogP contribution in [0.4, 0.5) is 0 Å². The third-order valence-electron chi connectivity index (χ3n) is 3.44. The van der Waals surface area contributed by atoms with Gasteiger partial charge in [0, 0.05) is 29.7 Å². The van der Waals surface area contributed by atoms with Crippen LogP contribution in [0.5, 0.6) is 5.75 Å². The van der Waals surface area contributed by atoms with E-state index >= 15 is 0 Å². The lowest BCUT2D eigenvalue weighted by atomic mass is 10.3. The lowest BCUT2D eigenvalue weighted by Gasteiger charge is -2.09. The van der Waals surface area contributed by atoms with Crippen LogP contribution in [0.2, 0.25) is 5.02 Å². The predicted molar refractivity (Wildman–Crippen MR) is 90.4 cm³/mol. The lowest BCUT2D eigenvalue weighted by molar-refractivity contribution is -0.123. The molecule has 0 saturated carbocycles. The number of aromatic nitrogens is 1. The van der Waals surface area contributed by atoms with Gasteiger partial charge in [-0.05, 0) is 36.4 Å². The van der Waals surface area contributed by atoms with Gasteiger partial charge >= 0.3 is 0 Å². The molecule has 1 amide bonds. The zero-order valence-corrected chi connectivity index (χ0v) is 13.5. The van der Waals surface area contributed by atoms with Crippen LogP contribution in [0.3, 0.4) is 0 Å². The Hall–Kier alpha value is -2.73. The molecule has 0 fully saturated rings. The van der Waals surface area contributed by atoms with Gasteiger partial charge in [0.05, 0.1) is 6.26 Å². The van der Waals surface area contributed by atoms with Crippen LogP contribution in [0.15, 0.2) is 58.1 Å². The summed E-state index contributed by atoms with van der Waals surface area (Å²) in [4.78, 5) is 23.9. The monoisotopic (exact) mass is 346 g/mol. The summed E-state index contributed by atoms with van der Waals surface area (Å²) in [7, 11) is 0. The molecule has 124 valence electrons. The van der Waals surface area contributed by atoms with E-state index in [1.807, 2.05) is 0 Å². The zero-order chi connectivity index (χ0) is 16.9. The summed E-state index contributed by atoms with van der Waals surface area (Å²) >= 11 is 5.77. The molecule has 0 atom stereocenters. The Labute approximate surface area is 142 Å². The summed E-state index contributed by atoms with van der Waals surface area (Å²) < 4.78 is 12.0. The van der Waals surface area contributed by atoms with E-state index in [0.717, 1.165) is 5.39 Å². The van der Waals surface area contributed by atoms with Gasteiger partial charge in [0.1, 0.15) is 5.75 Å². The molecular weight excluding hydrogens is 332 g/mol. The number of fused-ring (bicyclic) bond motifs is 1. The number of hydrogen-bond acceptors (Lipinski definition) is 4. The van der Waals surface area contributed by atoms with Crippen molar-refractivity contribution in [3.05, 3.63) is 64.2 Å². The van der Waals surface area contributed by atoms with E-state index in [9.17, 15) is 9.59 Å². The normalized spacial score (nSPS) is 10.7. The average Bonchev–Trinajstić information content (AvgIpc) is 3.06. The number of carbonyl (C=O) groups excluding carboxylic acids is 1. The van der Waals surface area contributed by atoms with Gasteiger partial charge in [-0.3, -0.25) is 9.59 Å². The van der Waals surface area contributed by atoms with Crippen LogP contribution in [-0.4, -0.2) is 23.6 Å². The first-order valence-electron chi connectivity index (χ1n) is 7.35. The molecule has 24 heavy (non-hydrogen) atoms. The fourth-order valence-corrected chi connectivity index (χ4v) is 2.34. The maximum Gasteiger partial charge on any atom is 0.294 e. The third-order valence-corrected chi connectivity index (χ3v) is 3.70. The van der Waals surface area contributed by atoms with Gasteiger partial charge in [0.2, 0.25) is 0 Å². The molecule has 0 radical (unpaired) electrons. The number of benzene rings is 1. The van der Waals surface area contributed by atoms with E-state index in [-0.39, 0.29) is 18.1 Å². The molecule has 0 aliphatic rings. The highest BCUT2D eigenvalue weighted by atomic mass is 35.5.